The molecular weight excluding hydrogens is 324 g/mol. The SMILES string of the molecule is Cc1ccc(SCCn2nc(C(=O)[O-])c3ccccc3c2=O)cc1. The van der Waals surface area contributed by atoms with E-state index in [4.69, 9.17) is 0 Å². The van der Waals surface area contributed by atoms with Gasteiger partial charge in [0.1, 0.15) is 5.69 Å². The van der Waals surface area contributed by atoms with E-state index in [1.807, 2.05) is 31.2 Å². The molecule has 5 nitrogen and oxygen atoms in total. The number of rotatable bonds is 5. The van der Waals surface area contributed by atoms with Crippen molar-refractivity contribution in [2.24, 2.45) is 0 Å². The number of hydrogen-bond donors (Lipinski definition) is 0. The fourth-order valence-electron chi connectivity index (χ4n) is 2.42. The number of aromatic carboxylic acids is 1. The van der Waals surface area contributed by atoms with E-state index in [2.05, 4.69) is 5.10 Å². The van der Waals surface area contributed by atoms with Gasteiger partial charge in [-0.2, -0.15) is 5.10 Å². The molecule has 2 aromatic carbocycles. The standard InChI is InChI=1S/C18H16N2O3S/c1-12-6-8-13(9-7-12)24-11-10-20-17(21)15-5-3-2-4-14(15)16(19-20)18(22)23/h2-9H,10-11H2,1H3,(H,22,23)/p-1. The zero-order valence-electron chi connectivity index (χ0n) is 13.1. The maximum atomic E-state index is 12.5. The number of aromatic nitrogens is 2. The number of aryl methyl sites for hydroxylation is 2. The van der Waals surface area contributed by atoms with Gasteiger partial charge in [-0.1, -0.05) is 35.9 Å². The summed E-state index contributed by atoms with van der Waals surface area (Å²) in [6.45, 7) is 2.34. The van der Waals surface area contributed by atoms with Crippen molar-refractivity contribution in [3.8, 4) is 0 Å². The molecule has 0 saturated heterocycles. The second-order valence-corrected chi connectivity index (χ2v) is 6.54. The summed E-state index contributed by atoms with van der Waals surface area (Å²) < 4.78 is 1.20. The van der Waals surface area contributed by atoms with Crippen LogP contribution in [0.3, 0.4) is 0 Å². The molecule has 0 radical (unpaired) electrons. The van der Waals surface area contributed by atoms with E-state index in [1.54, 1.807) is 36.0 Å². The van der Waals surface area contributed by atoms with Crippen LogP contribution in [-0.2, 0) is 6.54 Å². The maximum Gasteiger partial charge on any atom is 0.274 e. The molecule has 24 heavy (non-hydrogen) atoms. The lowest BCUT2D eigenvalue weighted by atomic mass is 10.1. The summed E-state index contributed by atoms with van der Waals surface area (Å²) in [5.74, 6) is -0.771. The largest absolute Gasteiger partial charge is 0.543 e. The van der Waals surface area contributed by atoms with Gasteiger partial charge in [0, 0.05) is 16.0 Å². The first-order valence-corrected chi connectivity index (χ1v) is 8.45. The fourth-order valence-corrected chi connectivity index (χ4v) is 3.25. The number of carbonyl (C=O) groups excluding carboxylic acids is 1. The highest BCUT2D eigenvalue weighted by molar-refractivity contribution is 7.99. The van der Waals surface area contributed by atoms with Gasteiger partial charge < -0.3 is 9.90 Å². The van der Waals surface area contributed by atoms with Crippen LogP contribution in [-0.4, -0.2) is 21.5 Å². The zero-order chi connectivity index (χ0) is 17.1. The summed E-state index contributed by atoms with van der Waals surface area (Å²) in [7, 11) is 0. The Hall–Kier alpha value is -2.60. The van der Waals surface area contributed by atoms with E-state index in [-0.39, 0.29) is 11.3 Å². The van der Waals surface area contributed by atoms with Gasteiger partial charge in [0.15, 0.2) is 0 Å². The van der Waals surface area contributed by atoms with E-state index in [1.165, 1.54) is 10.2 Å². The van der Waals surface area contributed by atoms with Crippen LogP contribution >= 0.6 is 11.8 Å². The number of carboxylic acid groups (broad SMARTS) is 1. The molecule has 0 fully saturated rings. The van der Waals surface area contributed by atoms with Crippen molar-refractivity contribution in [2.75, 3.05) is 5.75 Å². The highest BCUT2D eigenvalue weighted by atomic mass is 32.2. The minimum atomic E-state index is -1.38. The Morgan fingerprint density at radius 1 is 1.12 bits per heavy atom. The van der Waals surface area contributed by atoms with Crippen molar-refractivity contribution in [1.82, 2.24) is 9.78 Å². The average molecular weight is 339 g/mol. The summed E-state index contributed by atoms with van der Waals surface area (Å²) in [4.78, 5) is 24.9. The lowest BCUT2D eigenvalue weighted by Crippen LogP contribution is -2.31. The quantitative estimate of drug-likeness (QED) is 0.663. The smallest absolute Gasteiger partial charge is 0.274 e. The third-order valence-corrected chi connectivity index (χ3v) is 4.65. The Kier molecular flexibility index (Phi) is 4.66. The lowest BCUT2D eigenvalue weighted by molar-refractivity contribution is -0.255. The summed E-state index contributed by atoms with van der Waals surface area (Å²) >= 11 is 1.59. The number of benzene rings is 2. The number of nitrogens with zero attached hydrogens (tertiary/aromatic N) is 2. The molecule has 0 saturated carbocycles. The predicted molar refractivity (Wildman–Crippen MR) is 92.2 cm³/mol. The molecule has 6 heteroatoms. The van der Waals surface area contributed by atoms with Gasteiger partial charge in [0.05, 0.1) is 17.9 Å². The van der Waals surface area contributed by atoms with Gasteiger partial charge >= 0.3 is 0 Å². The molecule has 0 atom stereocenters. The minimum absolute atomic E-state index is 0.203. The van der Waals surface area contributed by atoms with Crippen LogP contribution in [0.2, 0.25) is 0 Å². The maximum absolute atomic E-state index is 12.5. The van der Waals surface area contributed by atoms with Crippen molar-refractivity contribution in [3.63, 3.8) is 0 Å². The molecule has 0 N–H and O–H groups in total. The number of carboxylic acids is 1. The van der Waals surface area contributed by atoms with Crippen LogP contribution in [0.1, 0.15) is 16.1 Å². The lowest BCUT2D eigenvalue weighted by Gasteiger charge is -2.11. The topological polar surface area (TPSA) is 75.0 Å². The van der Waals surface area contributed by atoms with Crippen molar-refractivity contribution in [2.45, 2.75) is 18.4 Å². The Labute approximate surface area is 142 Å². The van der Waals surface area contributed by atoms with E-state index < -0.39 is 5.97 Å². The molecule has 0 aliphatic carbocycles. The van der Waals surface area contributed by atoms with Crippen molar-refractivity contribution >= 4 is 28.5 Å². The van der Waals surface area contributed by atoms with E-state index in [9.17, 15) is 14.7 Å². The van der Waals surface area contributed by atoms with Crippen LogP contribution in [0.4, 0.5) is 0 Å². The van der Waals surface area contributed by atoms with Crippen LogP contribution in [0.25, 0.3) is 10.8 Å². The van der Waals surface area contributed by atoms with Crippen molar-refractivity contribution in [1.29, 1.82) is 0 Å². The van der Waals surface area contributed by atoms with E-state index in [0.29, 0.717) is 23.1 Å². The molecule has 122 valence electrons. The molecular formula is C18H15N2O3S-. The molecule has 3 rings (SSSR count). The summed E-state index contributed by atoms with van der Waals surface area (Å²) in [5, 5.41) is 15.9. The Morgan fingerprint density at radius 3 is 2.46 bits per heavy atom. The number of carbonyl (C=O) groups is 1. The molecule has 1 heterocycles. The van der Waals surface area contributed by atoms with Crippen LogP contribution < -0.4 is 10.7 Å². The second-order valence-electron chi connectivity index (χ2n) is 5.37. The third-order valence-electron chi connectivity index (χ3n) is 3.65. The molecule has 0 amide bonds. The molecule has 0 spiro atoms. The molecule has 3 aromatic rings. The normalized spacial score (nSPS) is 10.9. The first-order chi connectivity index (χ1) is 11.6. The Bertz CT molecular complexity index is 949. The van der Waals surface area contributed by atoms with Crippen molar-refractivity contribution < 1.29 is 9.90 Å². The van der Waals surface area contributed by atoms with Crippen LogP contribution in [0.5, 0.6) is 0 Å². The Morgan fingerprint density at radius 2 is 1.79 bits per heavy atom. The molecule has 0 bridgehead atoms. The second kappa shape index (κ2) is 6.88. The minimum Gasteiger partial charge on any atom is -0.543 e. The molecule has 0 aliphatic heterocycles. The third kappa shape index (κ3) is 3.33. The van der Waals surface area contributed by atoms with Gasteiger partial charge in [0.2, 0.25) is 0 Å². The first-order valence-electron chi connectivity index (χ1n) is 7.47. The van der Waals surface area contributed by atoms with Gasteiger partial charge in [-0.3, -0.25) is 4.79 Å². The number of hydrogen-bond acceptors (Lipinski definition) is 5. The van der Waals surface area contributed by atoms with Crippen LogP contribution in [0, 0.1) is 6.92 Å². The van der Waals surface area contributed by atoms with Crippen molar-refractivity contribution in [3.05, 3.63) is 70.1 Å². The molecule has 1 aromatic heterocycles. The highest BCUT2D eigenvalue weighted by Crippen LogP contribution is 2.18. The Balaban J connectivity index is 1.86. The van der Waals surface area contributed by atoms with Gasteiger partial charge in [-0.05, 0) is 25.1 Å². The van der Waals surface area contributed by atoms with Gasteiger partial charge in [-0.25, -0.2) is 4.68 Å². The number of thioether (sulfide) groups is 1. The molecule has 0 unspecified atom stereocenters. The molecule has 0 aliphatic rings. The van der Waals surface area contributed by atoms with Crippen LogP contribution in [0.15, 0.2) is 58.2 Å². The fraction of sp³-hybridized carbons (Fsp3) is 0.167. The van der Waals surface area contributed by atoms with E-state index >= 15 is 0 Å². The van der Waals surface area contributed by atoms with E-state index in [0.717, 1.165) is 4.90 Å². The monoisotopic (exact) mass is 339 g/mol. The first kappa shape index (κ1) is 16.3. The highest BCUT2D eigenvalue weighted by Gasteiger charge is 2.10. The summed E-state index contributed by atoms with van der Waals surface area (Å²) in [6.07, 6.45) is 0. The zero-order valence-corrected chi connectivity index (χ0v) is 13.9. The van der Waals surface area contributed by atoms with Gasteiger partial charge in [0.25, 0.3) is 5.56 Å². The average Bonchev–Trinajstić information content (AvgIpc) is 2.58. The number of fused-ring (bicyclic) bond motifs is 1. The van der Waals surface area contributed by atoms with Gasteiger partial charge in [-0.15, -0.1) is 11.8 Å². The predicted octanol–water partition coefficient (Wildman–Crippen LogP) is 1.86. The summed E-state index contributed by atoms with van der Waals surface area (Å²) in [5.41, 5.74) is 0.691. The summed E-state index contributed by atoms with van der Waals surface area (Å²) in [6, 6.07) is 14.6.